The van der Waals surface area contributed by atoms with Crippen LogP contribution in [0.25, 0.3) is 5.82 Å². The summed E-state index contributed by atoms with van der Waals surface area (Å²) in [7, 11) is 0. The minimum Gasteiger partial charge on any atom is -0.394 e. The largest absolute Gasteiger partial charge is 0.394 e. The summed E-state index contributed by atoms with van der Waals surface area (Å²) < 4.78 is 2.40. The molecule has 0 bridgehead atoms. The lowest BCUT2D eigenvalue weighted by atomic mass is 9.87. The van der Waals surface area contributed by atoms with E-state index in [-0.39, 0.29) is 24.0 Å². The third kappa shape index (κ3) is 2.74. The van der Waals surface area contributed by atoms with Crippen LogP contribution in [-0.4, -0.2) is 38.4 Å². The van der Waals surface area contributed by atoms with Crippen LogP contribution in [0.5, 0.6) is 0 Å². The Kier molecular flexibility index (Phi) is 3.76. The monoisotopic (exact) mass is 358 g/mol. The number of hydrogen-bond donors (Lipinski definition) is 3. The SMILES string of the molecule is CC(C)(C)C(CO)NC(=O)c1nn(-c2c[n+](=O)cc[nH]2)c2c1CC1C[C@H]21. The first-order valence-corrected chi connectivity index (χ1v) is 8.94. The summed E-state index contributed by atoms with van der Waals surface area (Å²) in [5, 5.41) is 17.1. The molecule has 2 unspecified atom stereocenters. The van der Waals surface area contributed by atoms with Crippen molar-refractivity contribution in [1.29, 1.82) is 0 Å². The molecule has 1 amide bonds. The van der Waals surface area contributed by atoms with E-state index in [1.807, 2.05) is 20.8 Å². The van der Waals surface area contributed by atoms with Crippen molar-refractivity contribution >= 4 is 5.91 Å². The molecule has 2 aliphatic rings. The minimum absolute atomic E-state index is 0.133. The summed E-state index contributed by atoms with van der Waals surface area (Å²) in [6.07, 6.45) is 6.28. The second kappa shape index (κ2) is 5.77. The molecule has 0 radical (unpaired) electrons. The number of rotatable bonds is 4. The van der Waals surface area contributed by atoms with Gasteiger partial charge in [0.15, 0.2) is 5.69 Å². The number of carbonyl (C=O) groups is 1. The van der Waals surface area contributed by atoms with E-state index in [1.54, 1.807) is 10.9 Å². The van der Waals surface area contributed by atoms with Gasteiger partial charge in [0.1, 0.15) is 0 Å². The lowest BCUT2D eigenvalue weighted by molar-refractivity contribution is -0.495. The first-order chi connectivity index (χ1) is 12.3. The van der Waals surface area contributed by atoms with Gasteiger partial charge >= 0.3 is 0 Å². The average Bonchev–Trinajstić information content (AvgIpc) is 3.07. The number of nitrogens with zero attached hydrogens (tertiary/aromatic N) is 3. The molecule has 2 aliphatic carbocycles. The van der Waals surface area contributed by atoms with Crippen molar-refractivity contribution in [3.05, 3.63) is 40.4 Å². The highest BCUT2D eigenvalue weighted by Crippen LogP contribution is 2.57. The summed E-state index contributed by atoms with van der Waals surface area (Å²) in [6, 6.07) is -0.362. The van der Waals surface area contributed by atoms with Crippen LogP contribution in [0.2, 0.25) is 0 Å². The maximum absolute atomic E-state index is 12.9. The molecule has 2 heterocycles. The van der Waals surface area contributed by atoms with Crippen LogP contribution < -0.4 is 9.74 Å². The fourth-order valence-electron chi connectivity index (χ4n) is 3.76. The van der Waals surface area contributed by atoms with Crippen LogP contribution in [0.3, 0.4) is 0 Å². The summed E-state index contributed by atoms with van der Waals surface area (Å²) in [6.45, 7) is 5.78. The number of aliphatic hydroxyl groups is 1. The molecule has 3 atom stereocenters. The number of amides is 1. The zero-order chi connectivity index (χ0) is 18.6. The second-order valence-corrected chi connectivity index (χ2v) is 8.34. The van der Waals surface area contributed by atoms with E-state index in [2.05, 4.69) is 15.4 Å². The normalized spacial score (nSPS) is 21.8. The summed E-state index contributed by atoms with van der Waals surface area (Å²) in [5.41, 5.74) is 2.12. The highest BCUT2D eigenvalue weighted by Gasteiger charge is 2.50. The highest BCUT2D eigenvalue weighted by molar-refractivity contribution is 5.94. The number of nitrogens with one attached hydrogen (secondary N) is 2. The van der Waals surface area contributed by atoms with Gasteiger partial charge in [-0.05, 0) is 24.2 Å². The van der Waals surface area contributed by atoms with E-state index in [9.17, 15) is 14.8 Å². The van der Waals surface area contributed by atoms with Gasteiger partial charge < -0.3 is 15.4 Å². The predicted molar refractivity (Wildman–Crippen MR) is 93.6 cm³/mol. The van der Waals surface area contributed by atoms with E-state index in [0.717, 1.165) is 24.1 Å². The van der Waals surface area contributed by atoms with Crippen LogP contribution in [0.4, 0.5) is 0 Å². The fraction of sp³-hybridized carbons (Fsp3) is 0.556. The molecule has 138 valence electrons. The molecule has 8 nitrogen and oxygen atoms in total. The van der Waals surface area contributed by atoms with E-state index < -0.39 is 0 Å². The standard InChI is InChI=1S/C18H23N5O3/c1-18(2,3)13(9-24)20-17(25)15-12-7-10-6-11(10)16(12)23(21-15)14-8-22(26)5-4-19-14/h4-5,8,10-11,13,24H,6-7,9H2,1-3H3,(H-,19,20,25,26)/p+1/t10?,11-,13?/m0/s1. The van der Waals surface area contributed by atoms with Gasteiger partial charge in [0, 0.05) is 16.4 Å². The Morgan fingerprint density at radius 3 is 2.96 bits per heavy atom. The molecule has 0 spiro atoms. The van der Waals surface area contributed by atoms with Crippen LogP contribution in [-0.2, 0) is 6.42 Å². The van der Waals surface area contributed by atoms with E-state index in [4.69, 9.17) is 0 Å². The van der Waals surface area contributed by atoms with E-state index >= 15 is 0 Å². The molecule has 2 aromatic rings. The van der Waals surface area contributed by atoms with Gasteiger partial charge in [0.05, 0.1) is 29.0 Å². The van der Waals surface area contributed by atoms with Crippen LogP contribution >= 0.6 is 0 Å². The number of carbonyl (C=O) groups excluding carboxylic acids is 1. The molecule has 1 fully saturated rings. The smallest absolute Gasteiger partial charge is 0.272 e. The Hall–Kier alpha value is -2.48. The molecule has 8 heteroatoms. The average molecular weight is 358 g/mol. The first kappa shape index (κ1) is 17.0. The Morgan fingerprint density at radius 2 is 2.31 bits per heavy atom. The molecule has 4 rings (SSSR count). The topological polar surface area (TPSA) is 106 Å². The number of aromatic amines is 1. The fourth-order valence-corrected chi connectivity index (χ4v) is 3.76. The molecule has 0 saturated heterocycles. The Morgan fingerprint density at radius 1 is 1.54 bits per heavy atom. The minimum atomic E-state index is -0.362. The Balaban J connectivity index is 1.72. The number of hydrogen-bond acceptors (Lipinski definition) is 4. The van der Waals surface area contributed by atoms with Gasteiger partial charge in [-0.25, -0.2) is 4.68 Å². The van der Waals surface area contributed by atoms with Gasteiger partial charge in [-0.2, -0.15) is 5.10 Å². The van der Waals surface area contributed by atoms with Gasteiger partial charge in [-0.1, -0.05) is 20.8 Å². The van der Waals surface area contributed by atoms with Crippen molar-refractivity contribution < 1.29 is 14.3 Å². The maximum atomic E-state index is 12.9. The third-order valence-electron chi connectivity index (χ3n) is 5.44. The van der Waals surface area contributed by atoms with Crippen molar-refractivity contribution in [2.24, 2.45) is 11.3 Å². The molecule has 0 aliphatic heterocycles. The second-order valence-electron chi connectivity index (χ2n) is 8.34. The quantitative estimate of drug-likeness (QED) is 0.706. The van der Waals surface area contributed by atoms with Gasteiger partial charge in [0.2, 0.25) is 12.0 Å². The number of aromatic nitrogens is 4. The molecular formula is C18H24N5O3+. The van der Waals surface area contributed by atoms with Crippen molar-refractivity contribution in [2.45, 2.75) is 45.6 Å². The maximum Gasteiger partial charge on any atom is 0.272 e. The van der Waals surface area contributed by atoms with Gasteiger partial charge in [-0.3, -0.25) is 4.79 Å². The lowest BCUT2D eigenvalue weighted by Crippen LogP contribution is -2.46. The van der Waals surface area contributed by atoms with E-state index in [1.165, 1.54) is 12.4 Å². The van der Waals surface area contributed by atoms with Crippen molar-refractivity contribution in [3.63, 3.8) is 0 Å². The number of H-pyrrole nitrogens is 1. The van der Waals surface area contributed by atoms with Crippen LogP contribution in [0, 0.1) is 16.2 Å². The van der Waals surface area contributed by atoms with E-state index in [0.29, 0.717) is 27.8 Å². The summed E-state index contributed by atoms with van der Waals surface area (Å²) in [5.74, 6) is 1.24. The molecular weight excluding hydrogens is 334 g/mol. The molecule has 3 N–H and O–H groups in total. The Labute approximate surface area is 150 Å². The predicted octanol–water partition coefficient (Wildman–Crippen LogP) is 0.911. The highest BCUT2D eigenvalue weighted by atomic mass is 16.3. The van der Waals surface area contributed by atoms with Crippen LogP contribution in [0.1, 0.15) is 54.9 Å². The van der Waals surface area contributed by atoms with Crippen molar-refractivity contribution in [1.82, 2.24) is 20.1 Å². The van der Waals surface area contributed by atoms with Crippen molar-refractivity contribution in [3.8, 4) is 5.82 Å². The molecule has 1 saturated carbocycles. The summed E-state index contributed by atoms with van der Waals surface area (Å²) in [4.78, 5) is 27.5. The molecule has 26 heavy (non-hydrogen) atoms. The lowest BCUT2D eigenvalue weighted by Gasteiger charge is -2.29. The van der Waals surface area contributed by atoms with Crippen LogP contribution in [0.15, 0.2) is 18.6 Å². The van der Waals surface area contributed by atoms with Crippen molar-refractivity contribution in [2.75, 3.05) is 6.61 Å². The molecule has 2 aromatic heterocycles. The number of fused-ring (bicyclic) bond motifs is 3. The number of aliphatic hydroxyl groups excluding tert-OH is 1. The molecule has 0 aromatic carbocycles. The zero-order valence-electron chi connectivity index (χ0n) is 15.2. The zero-order valence-corrected chi connectivity index (χ0v) is 15.2. The Bertz CT molecular complexity index is 924. The van der Waals surface area contributed by atoms with Gasteiger partial charge in [0.25, 0.3) is 12.1 Å². The summed E-state index contributed by atoms with van der Waals surface area (Å²) >= 11 is 0. The first-order valence-electron chi connectivity index (χ1n) is 8.94. The van der Waals surface area contributed by atoms with Gasteiger partial charge in [-0.15, -0.1) is 0 Å². The third-order valence-corrected chi connectivity index (χ3v) is 5.44.